The van der Waals surface area contributed by atoms with Gasteiger partial charge in [0, 0.05) is 33.4 Å². The van der Waals surface area contributed by atoms with Crippen molar-refractivity contribution in [1.29, 1.82) is 0 Å². The Morgan fingerprint density at radius 2 is 1.75 bits per heavy atom. The molecule has 20 heavy (non-hydrogen) atoms. The summed E-state index contributed by atoms with van der Waals surface area (Å²) in [5, 5.41) is 11.1. The number of hydrogen-bond acceptors (Lipinski definition) is 5. The fourth-order valence-corrected chi connectivity index (χ4v) is 2.27. The van der Waals surface area contributed by atoms with E-state index in [0.717, 1.165) is 35.1 Å². The van der Waals surface area contributed by atoms with Gasteiger partial charge in [-0.05, 0) is 18.9 Å². The Balaban J connectivity index is 2.58. The molecule has 1 aliphatic rings. The highest BCUT2D eigenvalue weighted by Gasteiger charge is 2.23. The molecule has 0 N–H and O–H groups in total. The average molecular weight is 280 g/mol. The molecule has 0 spiro atoms. The Bertz CT molecular complexity index is 680. The van der Waals surface area contributed by atoms with Gasteiger partial charge in [0.2, 0.25) is 0 Å². The van der Waals surface area contributed by atoms with Gasteiger partial charge in [0.15, 0.2) is 0 Å². The molecule has 0 amide bonds. The molecule has 0 radical (unpaired) electrons. The van der Waals surface area contributed by atoms with Crippen LogP contribution in [0.5, 0.6) is 0 Å². The van der Waals surface area contributed by atoms with Gasteiger partial charge in [-0.1, -0.05) is 0 Å². The number of aromatic nitrogens is 2. The summed E-state index contributed by atoms with van der Waals surface area (Å²) in [5.74, 6) is 0. The first kappa shape index (κ1) is 14.0. The predicted molar refractivity (Wildman–Crippen MR) is 73.4 cm³/mol. The summed E-state index contributed by atoms with van der Waals surface area (Å²) in [6.07, 6.45) is 5.31. The fraction of sp³-hybridized carbons (Fsp3) is 0.500. The van der Waals surface area contributed by atoms with Gasteiger partial charge >= 0.3 is 16.9 Å². The lowest BCUT2D eigenvalue weighted by molar-refractivity contribution is -0.387. The highest BCUT2D eigenvalue weighted by atomic mass is 16.6. The summed E-state index contributed by atoms with van der Waals surface area (Å²) in [6.45, 7) is 1.76. The summed E-state index contributed by atoms with van der Waals surface area (Å²) in [5.41, 5.74) is -2.03. The molecule has 8 heteroatoms. The minimum atomic E-state index is -0.890. The van der Waals surface area contributed by atoms with Gasteiger partial charge in [-0.25, -0.2) is 4.79 Å². The van der Waals surface area contributed by atoms with E-state index in [2.05, 4.69) is 0 Å². The molecule has 0 bridgehead atoms. The molecular weight excluding hydrogens is 264 g/mol. The van der Waals surface area contributed by atoms with Crippen molar-refractivity contribution in [2.24, 2.45) is 14.1 Å². The van der Waals surface area contributed by atoms with Crippen LogP contribution in [0.1, 0.15) is 18.5 Å². The lowest BCUT2D eigenvalue weighted by Gasteiger charge is -2.11. The Morgan fingerprint density at radius 1 is 1.15 bits per heavy atom. The quantitative estimate of drug-likeness (QED) is 0.577. The molecule has 0 unspecified atom stereocenters. The molecule has 0 aliphatic carbocycles. The van der Waals surface area contributed by atoms with Crippen molar-refractivity contribution in [3.8, 4) is 0 Å². The number of nitro groups is 1. The third-order valence-electron chi connectivity index (χ3n) is 3.45. The van der Waals surface area contributed by atoms with Gasteiger partial charge in [0.05, 0.1) is 4.92 Å². The molecule has 1 aliphatic heterocycles. The molecule has 1 fully saturated rings. The SMILES string of the molecule is Cn1c(C=CN2CCCC2)c([N+](=O)[O-])c(=O)n(C)c1=O. The van der Waals surface area contributed by atoms with Crippen LogP contribution in [0.3, 0.4) is 0 Å². The maximum Gasteiger partial charge on any atom is 0.357 e. The first-order valence-corrected chi connectivity index (χ1v) is 6.30. The second-order valence-corrected chi connectivity index (χ2v) is 4.76. The Labute approximate surface area is 114 Å². The Kier molecular flexibility index (Phi) is 3.73. The van der Waals surface area contributed by atoms with Crippen LogP contribution in [-0.4, -0.2) is 32.0 Å². The molecule has 8 nitrogen and oxygen atoms in total. The Hall–Kier alpha value is -2.38. The minimum Gasteiger partial charge on any atom is -0.377 e. The smallest absolute Gasteiger partial charge is 0.357 e. The maximum atomic E-state index is 11.9. The van der Waals surface area contributed by atoms with Gasteiger partial charge in [0.25, 0.3) is 0 Å². The van der Waals surface area contributed by atoms with Gasteiger partial charge in [-0.2, -0.15) is 0 Å². The van der Waals surface area contributed by atoms with Crippen LogP contribution in [0.15, 0.2) is 15.8 Å². The third-order valence-corrected chi connectivity index (χ3v) is 3.45. The second-order valence-electron chi connectivity index (χ2n) is 4.76. The fourth-order valence-electron chi connectivity index (χ4n) is 2.27. The summed E-state index contributed by atoms with van der Waals surface area (Å²) in [6, 6.07) is 0. The molecule has 1 aromatic heterocycles. The van der Waals surface area contributed by atoms with Crippen molar-refractivity contribution < 1.29 is 4.92 Å². The molecular formula is C12H16N4O4. The lowest BCUT2D eigenvalue weighted by atomic mass is 10.3. The van der Waals surface area contributed by atoms with Crippen LogP contribution < -0.4 is 11.2 Å². The van der Waals surface area contributed by atoms with Gasteiger partial charge < -0.3 is 4.90 Å². The molecule has 2 rings (SSSR count). The largest absolute Gasteiger partial charge is 0.377 e. The lowest BCUT2D eigenvalue weighted by Crippen LogP contribution is -2.39. The van der Waals surface area contributed by atoms with Crippen LogP contribution in [0.2, 0.25) is 0 Å². The zero-order valence-electron chi connectivity index (χ0n) is 11.4. The van der Waals surface area contributed by atoms with E-state index in [-0.39, 0.29) is 5.69 Å². The van der Waals surface area contributed by atoms with Crippen LogP contribution in [-0.2, 0) is 14.1 Å². The highest BCUT2D eigenvalue weighted by molar-refractivity contribution is 5.56. The first-order valence-electron chi connectivity index (χ1n) is 6.30. The molecule has 2 heterocycles. The van der Waals surface area contributed by atoms with Crippen molar-refractivity contribution in [3.05, 3.63) is 42.8 Å². The van der Waals surface area contributed by atoms with E-state index in [4.69, 9.17) is 0 Å². The average Bonchev–Trinajstić information content (AvgIpc) is 2.91. The normalized spacial score (nSPS) is 15.2. The van der Waals surface area contributed by atoms with E-state index in [9.17, 15) is 19.7 Å². The minimum absolute atomic E-state index is 0.0231. The molecule has 1 aromatic rings. The van der Waals surface area contributed by atoms with Crippen molar-refractivity contribution in [1.82, 2.24) is 14.0 Å². The summed E-state index contributed by atoms with van der Waals surface area (Å²) >= 11 is 0. The van der Waals surface area contributed by atoms with Crippen molar-refractivity contribution in [2.45, 2.75) is 12.8 Å². The van der Waals surface area contributed by atoms with E-state index in [1.165, 1.54) is 20.2 Å². The van der Waals surface area contributed by atoms with E-state index in [1.807, 2.05) is 4.90 Å². The standard InChI is InChI=1S/C12H16N4O4/c1-13-9(5-8-15-6-3-4-7-15)10(16(19)20)11(17)14(2)12(13)18/h5,8H,3-4,6-7H2,1-2H3. The van der Waals surface area contributed by atoms with E-state index in [1.54, 1.807) is 6.20 Å². The number of rotatable bonds is 3. The Morgan fingerprint density at radius 3 is 2.30 bits per heavy atom. The topological polar surface area (TPSA) is 90.4 Å². The molecule has 0 atom stereocenters. The molecule has 1 saturated heterocycles. The van der Waals surface area contributed by atoms with Crippen LogP contribution >= 0.6 is 0 Å². The zero-order chi connectivity index (χ0) is 14.9. The van der Waals surface area contributed by atoms with Gasteiger partial charge in [-0.15, -0.1) is 0 Å². The van der Waals surface area contributed by atoms with E-state index in [0.29, 0.717) is 0 Å². The molecule has 0 aromatic carbocycles. The van der Waals surface area contributed by atoms with Crippen LogP contribution in [0.25, 0.3) is 6.08 Å². The van der Waals surface area contributed by atoms with E-state index >= 15 is 0 Å². The summed E-state index contributed by atoms with van der Waals surface area (Å²) < 4.78 is 1.86. The van der Waals surface area contributed by atoms with Gasteiger partial charge in [0.1, 0.15) is 5.69 Å². The summed E-state index contributed by atoms with van der Waals surface area (Å²) in [4.78, 5) is 36.0. The molecule has 108 valence electrons. The van der Waals surface area contributed by atoms with Crippen molar-refractivity contribution >= 4 is 11.8 Å². The summed E-state index contributed by atoms with van der Waals surface area (Å²) in [7, 11) is 2.64. The zero-order valence-corrected chi connectivity index (χ0v) is 11.4. The monoisotopic (exact) mass is 280 g/mol. The predicted octanol–water partition coefficient (Wildman–Crippen LogP) is 0.0587. The third kappa shape index (κ3) is 2.36. The second kappa shape index (κ2) is 5.32. The first-order chi connectivity index (χ1) is 9.43. The van der Waals surface area contributed by atoms with Crippen LogP contribution in [0.4, 0.5) is 5.69 Å². The molecule has 0 saturated carbocycles. The number of nitrogens with zero attached hydrogens (tertiary/aromatic N) is 4. The van der Waals surface area contributed by atoms with Crippen molar-refractivity contribution in [3.63, 3.8) is 0 Å². The highest BCUT2D eigenvalue weighted by Crippen LogP contribution is 2.14. The number of hydrogen-bond donors (Lipinski definition) is 0. The van der Waals surface area contributed by atoms with Crippen LogP contribution in [0, 0.1) is 10.1 Å². The maximum absolute atomic E-state index is 11.9. The van der Waals surface area contributed by atoms with E-state index < -0.39 is 21.9 Å². The number of likely N-dealkylation sites (tertiary alicyclic amines) is 1. The van der Waals surface area contributed by atoms with Gasteiger partial charge in [-0.3, -0.25) is 24.0 Å². The van der Waals surface area contributed by atoms with Crippen molar-refractivity contribution in [2.75, 3.05) is 13.1 Å².